The zero-order valence-electron chi connectivity index (χ0n) is 17.9. The van der Waals surface area contributed by atoms with Crippen molar-refractivity contribution < 1.29 is 14.6 Å². The molecular weight excluding hydrogens is 404 g/mol. The smallest absolute Gasteiger partial charge is 0.213 e. The number of methoxy groups -OCH3 is 1. The van der Waals surface area contributed by atoms with Crippen molar-refractivity contribution in [2.24, 2.45) is 4.99 Å². The van der Waals surface area contributed by atoms with E-state index >= 15 is 0 Å². The van der Waals surface area contributed by atoms with Crippen LogP contribution in [0.1, 0.15) is 33.6 Å². The SMILES string of the molecule is CC[N+]([O-])(CC)CCCC(C)N=c1c2ccc(Cl)cc2n(O)c2ccc(OC)nc12. The van der Waals surface area contributed by atoms with Gasteiger partial charge in [-0.25, -0.2) is 4.98 Å². The van der Waals surface area contributed by atoms with Gasteiger partial charge in [-0.3, -0.25) is 4.99 Å². The van der Waals surface area contributed by atoms with Gasteiger partial charge in [0.15, 0.2) is 0 Å². The van der Waals surface area contributed by atoms with Gasteiger partial charge in [0.25, 0.3) is 0 Å². The van der Waals surface area contributed by atoms with Gasteiger partial charge in [0.05, 0.1) is 37.6 Å². The topological polar surface area (TPSA) is 82.7 Å². The van der Waals surface area contributed by atoms with E-state index in [1.165, 1.54) is 0 Å². The number of pyridine rings is 2. The highest BCUT2D eigenvalue weighted by atomic mass is 35.5. The summed E-state index contributed by atoms with van der Waals surface area (Å²) in [5, 5.41) is 25.2. The van der Waals surface area contributed by atoms with Crippen LogP contribution in [-0.2, 0) is 0 Å². The van der Waals surface area contributed by atoms with Crippen molar-refractivity contribution in [3.63, 3.8) is 0 Å². The third-order valence-corrected chi connectivity index (χ3v) is 5.88. The molecule has 0 saturated heterocycles. The number of rotatable bonds is 8. The molecule has 0 spiro atoms. The fraction of sp³-hybridized carbons (Fsp3) is 0.455. The molecule has 8 heteroatoms. The van der Waals surface area contributed by atoms with E-state index in [0.717, 1.165) is 23.0 Å². The number of aromatic nitrogens is 2. The van der Waals surface area contributed by atoms with E-state index in [9.17, 15) is 10.4 Å². The third kappa shape index (κ3) is 4.53. The minimum absolute atomic E-state index is 0.0169. The lowest BCUT2D eigenvalue weighted by atomic mass is 10.1. The lowest BCUT2D eigenvalue weighted by Crippen LogP contribution is -2.42. The molecule has 0 amide bonds. The van der Waals surface area contributed by atoms with E-state index in [-0.39, 0.29) is 10.7 Å². The van der Waals surface area contributed by atoms with Crippen molar-refractivity contribution in [1.29, 1.82) is 0 Å². The molecule has 1 unspecified atom stereocenters. The lowest BCUT2D eigenvalue weighted by molar-refractivity contribution is -0.877. The molecule has 7 nitrogen and oxygen atoms in total. The number of ether oxygens (including phenoxy) is 1. The zero-order valence-corrected chi connectivity index (χ0v) is 18.7. The second-order valence-electron chi connectivity index (χ2n) is 7.58. The van der Waals surface area contributed by atoms with Gasteiger partial charge < -0.3 is 19.8 Å². The normalized spacial score (nSPS) is 13.9. The summed E-state index contributed by atoms with van der Waals surface area (Å²) in [6.45, 7) is 7.64. The number of nitrogens with zero attached hydrogens (tertiary/aromatic N) is 4. The Bertz CT molecular complexity index is 1110. The first-order chi connectivity index (χ1) is 14.3. The van der Waals surface area contributed by atoms with Crippen molar-refractivity contribution in [2.75, 3.05) is 26.7 Å². The second-order valence-corrected chi connectivity index (χ2v) is 8.01. The molecule has 2 heterocycles. The Morgan fingerprint density at radius 3 is 2.63 bits per heavy atom. The summed E-state index contributed by atoms with van der Waals surface area (Å²) in [5.74, 6) is 0.444. The van der Waals surface area contributed by atoms with Gasteiger partial charge in [-0.1, -0.05) is 11.6 Å². The molecule has 162 valence electrons. The van der Waals surface area contributed by atoms with E-state index in [0.29, 0.717) is 52.4 Å². The minimum atomic E-state index is -0.175. The number of hydroxylamine groups is 3. The quantitative estimate of drug-likeness (QED) is 0.245. The molecule has 1 aromatic carbocycles. The van der Waals surface area contributed by atoms with Crippen molar-refractivity contribution >= 4 is 33.5 Å². The number of benzene rings is 1. The Hall–Kier alpha value is -2.35. The first-order valence-electron chi connectivity index (χ1n) is 10.3. The largest absolute Gasteiger partial charge is 0.633 e. The Labute approximate surface area is 181 Å². The standard InChI is InChI=1S/C22H29ClN4O3/c1-5-27(29,6-2)13-7-8-15(3)24-21-17-10-9-16(23)14-19(17)26(28)18-11-12-20(30-4)25-22(18)21/h9-12,14-15,28H,5-8,13H2,1-4H3. The van der Waals surface area contributed by atoms with Crippen molar-refractivity contribution in [3.8, 4) is 5.88 Å². The number of halogens is 1. The zero-order chi connectivity index (χ0) is 21.9. The second kappa shape index (κ2) is 9.20. The average Bonchev–Trinajstić information content (AvgIpc) is 2.76. The summed E-state index contributed by atoms with van der Waals surface area (Å²) in [6.07, 6.45) is 1.58. The van der Waals surface area contributed by atoms with Crippen LogP contribution in [0, 0.1) is 5.21 Å². The van der Waals surface area contributed by atoms with E-state index in [1.807, 2.05) is 26.8 Å². The van der Waals surface area contributed by atoms with Gasteiger partial charge in [0.2, 0.25) is 5.88 Å². The highest BCUT2D eigenvalue weighted by molar-refractivity contribution is 6.31. The van der Waals surface area contributed by atoms with Crippen molar-refractivity contribution in [2.45, 2.75) is 39.7 Å². The van der Waals surface area contributed by atoms with Crippen LogP contribution in [0.25, 0.3) is 21.9 Å². The number of hydrogen-bond acceptors (Lipinski definition) is 5. The first kappa shape index (κ1) is 22.3. The molecule has 30 heavy (non-hydrogen) atoms. The van der Waals surface area contributed by atoms with Gasteiger partial charge in [-0.2, -0.15) is 4.73 Å². The highest BCUT2D eigenvalue weighted by Gasteiger charge is 2.15. The minimum Gasteiger partial charge on any atom is -0.633 e. The number of fused-ring (bicyclic) bond motifs is 2. The first-order valence-corrected chi connectivity index (χ1v) is 10.7. The van der Waals surface area contributed by atoms with Gasteiger partial charge in [0.1, 0.15) is 11.0 Å². The molecule has 3 aromatic rings. The molecule has 1 N–H and O–H groups in total. The monoisotopic (exact) mass is 432 g/mol. The molecular formula is C22H29ClN4O3. The molecule has 0 fully saturated rings. The van der Waals surface area contributed by atoms with Crippen LogP contribution < -0.4 is 10.1 Å². The molecule has 0 aliphatic heterocycles. The fourth-order valence-corrected chi connectivity index (χ4v) is 3.83. The highest BCUT2D eigenvalue weighted by Crippen LogP contribution is 2.22. The summed E-state index contributed by atoms with van der Waals surface area (Å²) in [5.41, 5.74) is 1.62. The van der Waals surface area contributed by atoms with Crippen LogP contribution >= 0.6 is 11.6 Å². The van der Waals surface area contributed by atoms with Gasteiger partial charge in [-0.05, 0) is 57.9 Å². The molecule has 3 rings (SSSR count). The van der Waals surface area contributed by atoms with E-state index in [4.69, 9.17) is 21.3 Å². The van der Waals surface area contributed by atoms with Crippen molar-refractivity contribution in [3.05, 3.63) is 45.9 Å². The van der Waals surface area contributed by atoms with Crippen LogP contribution in [0.3, 0.4) is 0 Å². The molecule has 0 aliphatic rings. The molecule has 0 saturated carbocycles. The fourth-order valence-electron chi connectivity index (χ4n) is 3.66. The Balaban J connectivity index is 2.08. The molecule has 0 radical (unpaired) electrons. The van der Waals surface area contributed by atoms with Crippen LogP contribution in [0.4, 0.5) is 0 Å². The Morgan fingerprint density at radius 1 is 1.23 bits per heavy atom. The number of quaternary nitrogens is 1. The summed E-state index contributed by atoms with van der Waals surface area (Å²) >= 11 is 6.16. The summed E-state index contributed by atoms with van der Waals surface area (Å²) in [7, 11) is 1.55. The predicted molar refractivity (Wildman–Crippen MR) is 120 cm³/mol. The Morgan fingerprint density at radius 2 is 1.97 bits per heavy atom. The summed E-state index contributed by atoms with van der Waals surface area (Å²) < 4.78 is 6.19. The van der Waals surface area contributed by atoms with Crippen LogP contribution in [0.5, 0.6) is 5.88 Å². The van der Waals surface area contributed by atoms with Gasteiger partial charge in [-0.15, -0.1) is 0 Å². The summed E-state index contributed by atoms with van der Waals surface area (Å²) in [6, 6.07) is 8.74. The molecule has 2 aromatic heterocycles. The van der Waals surface area contributed by atoms with Gasteiger partial charge >= 0.3 is 0 Å². The third-order valence-electron chi connectivity index (χ3n) is 5.64. The summed E-state index contributed by atoms with van der Waals surface area (Å²) in [4.78, 5) is 9.48. The van der Waals surface area contributed by atoms with E-state index in [1.54, 1.807) is 31.4 Å². The van der Waals surface area contributed by atoms with Crippen LogP contribution in [0.2, 0.25) is 5.02 Å². The van der Waals surface area contributed by atoms with E-state index in [2.05, 4.69) is 4.98 Å². The molecule has 1 atom stereocenters. The maximum absolute atomic E-state index is 12.5. The lowest BCUT2D eigenvalue weighted by Gasteiger charge is -2.41. The van der Waals surface area contributed by atoms with Crippen molar-refractivity contribution in [1.82, 2.24) is 9.71 Å². The van der Waals surface area contributed by atoms with Crippen LogP contribution in [0.15, 0.2) is 35.3 Å². The predicted octanol–water partition coefficient (Wildman–Crippen LogP) is 4.51. The van der Waals surface area contributed by atoms with Crippen LogP contribution in [-0.4, -0.2) is 52.4 Å². The molecule has 0 bridgehead atoms. The van der Waals surface area contributed by atoms with E-state index < -0.39 is 0 Å². The maximum Gasteiger partial charge on any atom is 0.213 e. The van der Waals surface area contributed by atoms with Gasteiger partial charge in [0, 0.05) is 22.5 Å². The average molecular weight is 433 g/mol. The number of hydrogen-bond donors (Lipinski definition) is 1. The maximum atomic E-state index is 12.5. The Kier molecular flexibility index (Phi) is 6.85. The molecule has 0 aliphatic carbocycles.